The van der Waals surface area contributed by atoms with E-state index in [0.717, 1.165) is 44.9 Å². The van der Waals surface area contributed by atoms with Gasteiger partial charge >= 0.3 is 6.09 Å². The molecule has 0 spiro atoms. The number of thiol groups is 1. The first-order valence-corrected chi connectivity index (χ1v) is 14.5. The van der Waals surface area contributed by atoms with Crippen LogP contribution < -0.4 is 10.6 Å². The van der Waals surface area contributed by atoms with E-state index in [1.807, 2.05) is 19.1 Å². The number of rotatable bonds is 16. The van der Waals surface area contributed by atoms with E-state index in [-0.39, 0.29) is 11.7 Å². The molecule has 0 heterocycles. The molecular formula is C30H47N3O4S. The van der Waals surface area contributed by atoms with E-state index < -0.39 is 29.7 Å². The molecule has 1 aromatic carbocycles. The fraction of sp³-hybridized carbons (Fsp3) is 0.633. The van der Waals surface area contributed by atoms with Crippen molar-refractivity contribution in [3.8, 4) is 12.3 Å². The molecule has 1 aromatic rings. The molecule has 0 saturated heterocycles. The second-order valence-corrected chi connectivity index (χ2v) is 10.8. The Labute approximate surface area is 235 Å². The Bertz CT molecular complexity index is 923. The fourth-order valence-corrected chi connectivity index (χ4v) is 4.31. The summed E-state index contributed by atoms with van der Waals surface area (Å²) in [6.07, 6.45) is 13.0. The molecule has 7 nitrogen and oxygen atoms in total. The molecule has 0 aromatic heterocycles. The molecule has 0 saturated carbocycles. The zero-order valence-electron chi connectivity index (χ0n) is 23.8. The first-order valence-electron chi connectivity index (χ1n) is 13.8. The molecule has 3 amide bonds. The Balaban J connectivity index is 3.38. The van der Waals surface area contributed by atoms with Crippen molar-refractivity contribution in [2.75, 3.05) is 18.8 Å². The van der Waals surface area contributed by atoms with Gasteiger partial charge in [0.05, 0.1) is 0 Å². The van der Waals surface area contributed by atoms with Gasteiger partial charge in [-0.25, -0.2) is 4.79 Å². The van der Waals surface area contributed by atoms with E-state index in [2.05, 4.69) is 36.1 Å². The van der Waals surface area contributed by atoms with Gasteiger partial charge in [-0.2, -0.15) is 12.6 Å². The predicted octanol–water partition coefficient (Wildman–Crippen LogP) is 5.64. The van der Waals surface area contributed by atoms with Crippen molar-refractivity contribution >= 4 is 30.5 Å². The minimum atomic E-state index is -0.975. The van der Waals surface area contributed by atoms with Crippen LogP contribution in [-0.2, 0) is 14.3 Å². The topological polar surface area (TPSA) is 87.7 Å². The summed E-state index contributed by atoms with van der Waals surface area (Å²) in [7, 11) is 0. The quantitative estimate of drug-likeness (QED) is 0.143. The van der Waals surface area contributed by atoms with Crippen LogP contribution in [0.3, 0.4) is 0 Å². The number of carbonyl (C=O) groups excluding carboxylic acids is 3. The number of hydrogen-bond donors (Lipinski definition) is 3. The molecule has 0 aliphatic rings. The highest BCUT2D eigenvalue weighted by atomic mass is 32.1. The Morgan fingerprint density at radius 3 is 2.26 bits per heavy atom. The Morgan fingerprint density at radius 1 is 1.03 bits per heavy atom. The van der Waals surface area contributed by atoms with Gasteiger partial charge in [0.15, 0.2) is 0 Å². The summed E-state index contributed by atoms with van der Waals surface area (Å²) in [5.74, 6) is 2.01. The standard InChI is InChI=1S/C30H47N3O4S/c1-7-10-12-13-14-17-21-33(28(35)25(22-38)32-29(36)37-30(4,5)6)26(27(34)31-20-11-8-2)24-19-16-15-18-23(24)9-3/h3,15-16,18-19,25-26,38H,7-8,10-14,17,20-22H2,1-2,4-6H3,(H,31,34)(H,32,36). The van der Waals surface area contributed by atoms with Gasteiger partial charge in [0.1, 0.15) is 17.7 Å². The Morgan fingerprint density at radius 2 is 1.66 bits per heavy atom. The second-order valence-electron chi connectivity index (χ2n) is 10.5. The maximum Gasteiger partial charge on any atom is 0.408 e. The number of unbranched alkanes of at least 4 members (excludes halogenated alkanes) is 6. The van der Waals surface area contributed by atoms with Crippen molar-refractivity contribution < 1.29 is 19.1 Å². The van der Waals surface area contributed by atoms with Gasteiger partial charge < -0.3 is 20.3 Å². The van der Waals surface area contributed by atoms with Crippen molar-refractivity contribution in [2.24, 2.45) is 0 Å². The number of alkyl carbamates (subject to hydrolysis) is 1. The highest BCUT2D eigenvalue weighted by molar-refractivity contribution is 7.80. The summed E-state index contributed by atoms with van der Waals surface area (Å²) in [5, 5.41) is 5.63. The lowest BCUT2D eigenvalue weighted by atomic mass is 9.97. The molecule has 1 rings (SSSR count). The minimum absolute atomic E-state index is 0.0477. The van der Waals surface area contributed by atoms with Crippen molar-refractivity contribution in [1.29, 1.82) is 0 Å². The van der Waals surface area contributed by atoms with Crippen LogP contribution in [0.25, 0.3) is 0 Å². The summed E-state index contributed by atoms with van der Waals surface area (Å²) in [5.41, 5.74) is 0.407. The molecule has 0 radical (unpaired) electrons. The van der Waals surface area contributed by atoms with Crippen molar-refractivity contribution in [1.82, 2.24) is 15.5 Å². The third-order valence-electron chi connectivity index (χ3n) is 6.01. The largest absolute Gasteiger partial charge is 0.444 e. The fourth-order valence-electron chi connectivity index (χ4n) is 4.07. The zero-order chi connectivity index (χ0) is 28.6. The van der Waals surface area contributed by atoms with Crippen molar-refractivity contribution in [3.63, 3.8) is 0 Å². The Hall–Kier alpha value is -2.66. The molecular weight excluding hydrogens is 498 g/mol. The van der Waals surface area contributed by atoms with Gasteiger partial charge in [-0.1, -0.05) is 76.5 Å². The number of benzene rings is 1. The number of carbonyl (C=O) groups is 3. The summed E-state index contributed by atoms with van der Waals surface area (Å²) >= 11 is 4.35. The van der Waals surface area contributed by atoms with Crippen LogP contribution in [0.2, 0.25) is 0 Å². The molecule has 0 aliphatic carbocycles. The van der Waals surface area contributed by atoms with Gasteiger partial charge in [0.25, 0.3) is 0 Å². The van der Waals surface area contributed by atoms with Crippen LogP contribution in [-0.4, -0.2) is 53.3 Å². The number of terminal acetylenes is 1. The molecule has 2 atom stereocenters. The summed E-state index contributed by atoms with van der Waals surface area (Å²) in [6.45, 7) is 10.3. The molecule has 0 aliphatic heterocycles. The summed E-state index contributed by atoms with van der Waals surface area (Å²) < 4.78 is 5.37. The van der Waals surface area contributed by atoms with E-state index in [4.69, 9.17) is 11.2 Å². The molecule has 2 N–H and O–H groups in total. The van der Waals surface area contributed by atoms with Crippen LogP contribution in [0.1, 0.15) is 103 Å². The maximum atomic E-state index is 14.0. The van der Waals surface area contributed by atoms with Gasteiger partial charge in [0, 0.05) is 24.4 Å². The van der Waals surface area contributed by atoms with E-state index in [1.54, 1.807) is 37.8 Å². The third-order valence-corrected chi connectivity index (χ3v) is 6.37. The molecule has 38 heavy (non-hydrogen) atoms. The van der Waals surface area contributed by atoms with Crippen LogP contribution in [0, 0.1) is 12.3 Å². The SMILES string of the molecule is C#Cc1ccccc1C(C(=O)NCCCC)N(CCCCCCCC)C(=O)C(CS)NC(=O)OC(C)(C)C. The van der Waals surface area contributed by atoms with Gasteiger partial charge in [-0.15, -0.1) is 6.42 Å². The van der Waals surface area contributed by atoms with Crippen LogP contribution in [0.15, 0.2) is 24.3 Å². The van der Waals surface area contributed by atoms with E-state index in [9.17, 15) is 14.4 Å². The minimum Gasteiger partial charge on any atom is -0.444 e. The molecule has 2 unspecified atom stereocenters. The molecule has 0 bridgehead atoms. The van der Waals surface area contributed by atoms with Gasteiger partial charge in [-0.05, 0) is 45.2 Å². The lowest BCUT2D eigenvalue weighted by Crippen LogP contribution is -2.54. The van der Waals surface area contributed by atoms with Gasteiger partial charge in [-0.3, -0.25) is 9.59 Å². The first kappa shape index (κ1) is 33.4. The second kappa shape index (κ2) is 17.8. The van der Waals surface area contributed by atoms with E-state index in [0.29, 0.717) is 24.2 Å². The lowest BCUT2D eigenvalue weighted by Gasteiger charge is -2.34. The summed E-state index contributed by atoms with van der Waals surface area (Å²) in [6, 6.07) is 5.26. The maximum absolute atomic E-state index is 14.0. The number of nitrogens with one attached hydrogen (secondary N) is 2. The number of ether oxygens (including phenoxy) is 1. The number of nitrogens with zero attached hydrogens (tertiary/aromatic N) is 1. The number of hydrogen-bond acceptors (Lipinski definition) is 5. The third kappa shape index (κ3) is 11.8. The highest BCUT2D eigenvalue weighted by Gasteiger charge is 2.36. The number of amides is 3. The van der Waals surface area contributed by atoms with Crippen molar-refractivity contribution in [2.45, 2.75) is 104 Å². The first-order chi connectivity index (χ1) is 18.1. The zero-order valence-corrected chi connectivity index (χ0v) is 24.7. The van der Waals surface area contributed by atoms with Crippen molar-refractivity contribution in [3.05, 3.63) is 35.4 Å². The predicted molar refractivity (Wildman–Crippen MR) is 157 cm³/mol. The monoisotopic (exact) mass is 545 g/mol. The highest BCUT2D eigenvalue weighted by Crippen LogP contribution is 2.26. The average molecular weight is 546 g/mol. The molecule has 8 heteroatoms. The molecule has 0 fully saturated rings. The van der Waals surface area contributed by atoms with Gasteiger partial charge in [0.2, 0.25) is 11.8 Å². The normalized spacial score (nSPS) is 12.7. The van der Waals surface area contributed by atoms with E-state index >= 15 is 0 Å². The molecule has 212 valence electrons. The smallest absolute Gasteiger partial charge is 0.408 e. The van der Waals surface area contributed by atoms with Crippen LogP contribution >= 0.6 is 12.6 Å². The van der Waals surface area contributed by atoms with Crippen LogP contribution in [0.4, 0.5) is 4.79 Å². The lowest BCUT2D eigenvalue weighted by molar-refractivity contribution is -0.142. The summed E-state index contributed by atoms with van der Waals surface area (Å²) in [4.78, 5) is 41.7. The average Bonchev–Trinajstić information content (AvgIpc) is 2.87. The van der Waals surface area contributed by atoms with E-state index in [1.165, 1.54) is 6.42 Å². The Kier molecular flexibility index (Phi) is 15.6. The van der Waals surface area contributed by atoms with Crippen LogP contribution in [0.5, 0.6) is 0 Å².